The number of benzene rings is 1. The number of carboxylic acids is 1. The van der Waals surface area contributed by atoms with E-state index in [0.29, 0.717) is 42.6 Å². The Labute approximate surface area is 123 Å². The number of carbonyl (C=O) groups is 1. The van der Waals surface area contributed by atoms with Gasteiger partial charge in [-0.15, -0.1) is 0 Å². The van der Waals surface area contributed by atoms with Gasteiger partial charge in [0, 0.05) is 17.5 Å². The Morgan fingerprint density at radius 1 is 1.30 bits per heavy atom. The van der Waals surface area contributed by atoms with E-state index in [4.69, 9.17) is 26.2 Å². The van der Waals surface area contributed by atoms with Crippen molar-refractivity contribution in [1.29, 1.82) is 0 Å². The molecule has 1 N–H and O–H groups in total. The predicted octanol–water partition coefficient (Wildman–Crippen LogP) is 3.54. The lowest BCUT2D eigenvalue weighted by molar-refractivity contribution is -0.147. The quantitative estimate of drug-likeness (QED) is 0.923. The van der Waals surface area contributed by atoms with Crippen LogP contribution in [0.3, 0.4) is 0 Å². The monoisotopic (exact) mass is 298 g/mol. The number of aryl methyl sites for hydroxylation is 1. The van der Waals surface area contributed by atoms with Gasteiger partial charge in [-0.2, -0.15) is 0 Å². The summed E-state index contributed by atoms with van der Waals surface area (Å²) in [6.45, 7) is 4.67. The molecule has 0 saturated carbocycles. The number of fused-ring (bicyclic) bond motifs is 1. The first-order chi connectivity index (χ1) is 9.40. The summed E-state index contributed by atoms with van der Waals surface area (Å²) in [7, 11) is 0. The second kappa shape index (κ2) is 5.92. The molecule has 0 atom stereocenters. The first-order valence-corrected chi connectivity index (χ1v) is 7.09. The predicted molar refractivity (Wildman–Crippen MR) is 76.8 cm³/mol. The van der Waals surface area contributed by atoms with Crippen LogP contribution in [0.25, 0.3) is 0 Å². The highest BCUT2D eigenvalue weighted by atomic mass is 35.5. The van der Waals surface area contributed by atoms with Crippen molar-refractivity contribution in [2.45, 2.75) is 33.1 Å². The van der Waals surface area contributed by atoms with Crippen LogP contribution >= 0.6 is 11.6 Å². The summed E-state index contributed by atoms with van der Waals surface area (Å²) in [4.78, 5) is 11.1. The van der Waals surface area contributed by atoms with E-state index in [2.05, 4.69) is 0 Å². The molecule has 1 aliphatic rings. The summed E-state index contributed by atoms with van der Waals surface area (Å²) < 4.78 is 11.2. The highest BCUT2D eigenvalue weighted by molar-refractivity contribution is 6.31. The molecule has 0 aliphatic carbocycles. The maximum atomic E-state index is 11.1. The van der Waals surface area contributed by atoms with Crippen molar-refractivity contribution in [3.05, 3.63) is 22.7 Å². The van der Waals surface area contributed by atoms with Crippen LogP contribution in [-0.2, 0) is 11.2 Å². The van der Waals surface area contributed by atoms with Gasteiger partial charge >= 0.3 is 5.97 Å². The first-order valence-electron chi connectivity index (χ1n) is 6.71. The third-order valence-corrected chi connectivity index (χ3v) is 3.87. The van der Waals surface area contributed by atoms with E-state index >= 15 is 0 Å². The zero-order valence-corrected chi connectivity index (χ0v) is 12.5. The molecule has 0 spiro atoms. The van der Waals surface area contributed by atoms with Crippen molar-refractivity contribution in [3.63, 3.8) is 0 Å². The molecule has 1 heterocycles. The number of rotatable bonds is 4. The summed E-state index contributed by atoms with van der Waals surface area (Å²) in [5.74, 6) is 0.548. The van der Waals surface area contributed by atoms with Gasteiger partial charge in [0.2, 0.25) is 0 Å². The fraction of sp³-hybridized carbons (Fsp3) is 0.533. The van der Waals surface area contributed by atoms with E-state index in [0.717, 1.165) is 12.0 Å². The number of carboxylic acid groups (broad SMARTS) is 1. The average molecular weight is 299 g/mol. The number of hydrogen-bond donors (Lipinski definition) is 1. The van der Waals surface area contributed by atoms with Gasteiger partial charge < -0.3 is 14.6 Å². The van der Waals surface area contributed by atoms with Crippen LogP contribution < -0.4 is 9.47 Å². The first kappa shape index (κ1) is 15.0. The van der Waals surface area contributed by atoms with Gasteiger partial charge in [0.1, 0.15) is 0 Å². The van der Waals surface area contributed by atoms with Crippen molar-refractivity contribution in [2.75, 3.05) is 13.2 Å². The van der Waals surface area contributed by atoms with Crippen LogP contribution in [0.15, 0.2) is 12.1 Å². The van der Waals surface area contributed by atoms with Gasteiger partial charge in [-0.3, -0.25) is 4.79 Å². The van der Waals surface area contributed by atoms with E-state index in [-0.39, 0.29) is 0 Å². The zero-order chi connectivity index (χ0) is 14.8. The molecular weight excluding hydrogens is 280 g/mol. The van der Waals surface area contributed by atoms with Crippen LogP contribution in [0, 0.1) is 5.41 Å². The van der Waals surface area contributed by atoms with E-state index in [1.54, 1.807) is 19.9 Å². The highest BCUT2D eigenvalue weighted by Gasteiger charge is 2.27. The second-order valence-electron chi connectivity index (χ2n) is 5.63. The standard InChI is InChI=1S/C15H19ClO4/c1-15(2,14(17)18)5-4-10-8-12-13(9-11(10)16)20-7-3-6-19-12/h8-9H,3-7H2,1-2H3,(H,17,18). The summed E-state index contributed by atoms with van der Waals surface area (Å²) in [5.41, 5.74) is 0.123. The maximum Gasteiger partial charge on any atom is 0.309 e. The number of hydrogen-bond acceptors (Lipinski definition) is 3. The molecule has 20 heavy (non-hydrogen) atoms. The second-order valence-corrected chi connectivity index (χ2v) is 6.04. The molecule has 1 aromatic rings. The van der Waals surface area contributed by atoms with Gasteiger partial charge in [0.25, 0.3) is 0 Å². The summed E-state index contributed by atoms with van der Waals surface area (Å²) in [5, 5.41) is 9.73. The third-order valence-electron chi connectivity index (χ3n) is 3.51. The minimum absolute atomic E-state index is 0.516. The van der Waals surface area contributed by atoms with Crippen molar-refractivity contribution in [2.24, 2.45) is 5.41 Å². The van der Waals surface area contributed by atoms with Gasteiger partial charge in [0.05, 0.1) is 18.6 Å². The SMILES string of the molecule is CC(C)(CCc1cc2c(cc1Cl)OCCCO2)C(=O)O. The van der Waals surface area contributed by atoms with E-state index < -0.39 is 11.4 Å². The Bertz CT molecular complexity index is 511. The topological polar surface area (TPSA) is 55.8 Å². The number of ether oxygens (including phenoxy) is 2. The fourth-order valence-electron chi connectivity index (χ4n) is 1.97. The highest BCUT2D eigenvalue weighted by Crippen LogP contribution is 2.36. The van der Waals surface area contributed by atoms with E-state index in [1.165, 1.54) is 0 Å². The lowest BCUT2D eigenvalue weighted by Gasteiger charge is -2.19. The third kappa shape index (κ3) is 3.37. The molecule has 1 aromatic carbocycles. The summed E-state index contributed by atoms with van der Waals surface area (Å²) in [6, 6.07) is 3.62. The lowest BCUT2D eigenvalue weighted by atomic mass is 9.86. The smallest absolute Gasteiger partial charge is 0.309 e. The number of aliphatic carboxylic acids is 1. The zero-order valence-electron chi connectivity index (χ0n) is 11.7. The molecule has 110 valence electrons. The lowest BCUT2D eigenvalue weighted by Crippen LogP contribution is -2.24. The Morgan fingerprint density at radius 3 is 2.50 bits per heavy atom. The van der Waals surface area contributed by atoms with Crippen molar-refractivity contribution in [3.8, 4) is 11.5 Å². The van der Waals surface area contributed by atoms with Crippen LogP contribution in [0.1, 0.15) is 32.3 Å². The summed E-state index contributed by atoms with van der Waals surface area (Å²) >= 11 is 6.24. The van der Waals surface area contributed by atoms with Gasteiger partial charge in [-0.05, 0) is 38.3 Å². The van der Waals surface area contributed by atoms with Gasteiger partial charge in [-0.25, -0.2) is 0 Å². The molecule has 0 saturated heterocycles. The summed E-state index contributed by atoms with van der Waals surface area (Å²) in [6.07, 6.45) is 1.95. The molecule has 0 radical (unpaired) electrons. The normalized spacial score (nSPS) is 14.8. The molecule has 0 bridgehead atoms. The largest absolute Gasteiger partial charge is 0.490 e. The average Bonchev–Trinajstić information content (AvgIpc) is 2.60. The van der Waals surface area contributed by atoms with Gasteiger partial charge in [0.15, 0.2) is 11.5 Å². The maximum absolute atomic E-state index is 11.1. The van der Waals surface area contributed by atoms with Crippen molar-refractivity contribution >= 4 is 17.6 Å². The Kier molecular flexibility index (Phi) is 4.43. The molecule has 1 aliphatic heterocycles. The molecule has 0 aromatic heterocycles. The molecule has 5 heteroatoms. The fourth-order valence-corrected chi connectivity index (χ4v) is 2.22. The number of halogens is 1. The molecule has 2 rings (SSSR count). The molecule has 0 amide bonds. The van der Waals surface area contributed by atoms with E-state index in [1.807, 2.05) is 6.07 Å². The minimum atomic E-state index is -0.803. The van der Waals surface area contributed by atoms with Crippen LogP contribution in [-0.4, -0.2) is 24.3 Å². The molecular formula is C15H19ClO4. The van der Waals surface area contributed by atoms with Crippen LogP contribution in [0.4, 0.5) is 0 Å². The van der Waals surface area contributed by atoms with E-state index in [9.17, 15) is 4.79 Å². The Morgan fingerprint density at radius 2 is 1.90 bits per heavy atom. The van der Waals surface area contributed by atoms with Crippen molar-refractivity contribution < 1.29 is 19.4 Å². The molecule has 0 unspecified atom stereocenters. The molecule has 0 fully saturated rings. The minimum Gasteiger partial charge on any atom is -0.490 e. The van der Waals surface area contributed by atoms with Crippen LogP contribution in [0.5, 0.6) is 11.5 Å². The van der Waals surface area contributed by atoms with Gasteiger partial charge in [-0.1, -0.05) is 11.6 Å². The molecule has 4 nitrogen and oxygen atoms in total. The van der Waals surface area contributed by atoms with Crippen LogP contribution in [0.2, 0.25) is 5.02 Å². The Balaban J connectivity index is 2.16. The Hall–Kier alpha value is -1.42. The van der Waals surface area contributed by atoms with Crippen molar-refractivity contribution in [1.82, 2.24) is 0 Å².